The minimum atomic E-state index is 0.643. The van der Waals surface area contributed by atoms with Gasteiger partial charge in [0.05, 0.1) is 43.7 Å². The van der Waals surface area contributed by atoms with E-state index in [4.69, 9.17) is 15.0 Å². The maximum Gasteiger partial charge on any atom is 0.235 e. The highest BCUT2D eigenvalue weighted by Crippen LogP contribution is 2.43. The van der Waals surface area contributed by atoms with Gasteiger partial charge in [-0.1, -0.05) is 140 Å². The minimum absolute atomic E-state index is 0.643. The fourth-order valence-corrected chi connectivity index (χ4v) is 9.74. The first-order valence-corrected chi connectivity index (χ1v) is 20.6. The van der Waals surface area contributed by atoms with E-state index in [0.717, 1.165) is 77.2 Å². The number of para-hydroxylation sites is 2. The second-order valence-corrected chi connectivity index (χ2v) is 15.9. The first kappa shape index (κ1) is 33.5. The molecule has 12 rings (SSSR count). The molecule has 0 spiro atoms. The molecular formula is C53H33N5S. The number of aromatic nitrogens is 5. The third-order valence-corrected chi connectivity index (χ3v) is 12.5. The average molecular weight is 772 g/mol. The molecule has 0 N–H and O–H groups in total. The maximum atomic E-state index is 5.23. The van der Waals surface area contributed by atoms with Crippen LogP contribution in [0.15, 0.2) is 200 Å². The molecule has 0 unspecified atom stereocenters. The molecule has 0 saturated heterocycles. The summed E-state index contributed by atoms with van der Waals surface area (Å²) < 4.78 is 5.81. The molecule has 276 valence electrons. The standard InChI is InChI=1S/C53H33N5S/c1-5-15-34(16-6-1)45-33-46(35-17-7-2-8-18-35)56-53(55-45)58-47-24-14-13-23-40(47)42-31-37(26-30-49(42)58)38-25-29-48-43(32-38)41-27-28-44-51(50(41)57(48)39-21-11-4-12-22-39)59-52(54-44)36-19-9-3-10-20-36/h1-33H. The van der Waals surface area contributed by atoms with Crippen molar-refractivity contribution in [1.29, 1.82) is 0 Å². The highest BCUT2D eigenvalue weighted by Gasteiger charge is 2.21. The monoisotopic (exact) mass is 771 g/mol. The molecule has 0 atom stereocenters. The quantitative estimate of drug-likeness (QED) is 0.169. The van der Waals surface area contributed by atoms with Gasteiger partial charge in [-0.2, -0.15) is 0 Å². The van der Waals surface area contributed by atoms with E-state index in [0.29, 0.717) is 5.95 Å². The molecule has 4 heterocycles. The Morgan fingerprint density at radius 2 is 0.881 bits per heavy atom. The number of fused-ring (bicyclic) bond motifs is 8. The minimum Gasteiger partial charge on any atom is -0.308 e. The molecule has 0 aliphatic heterocycles. The lowest BCUT2D eigenvalue weighted by Crippen LogP contribution is -2.03. The summed E-state index contributed by atoms with van der Waals surface area (Å²) >= 11 is 1.76. The normalized spacial score (nSPS) is 11.7. The molecule has 59 heavy (non-hydrogen) atoms. The van der Waals surface area contributed by atoms with Crippen LogP contribution >= 0.6 is 11.3 Å². The molecule has 0 amide bonds. The lowest BCUT2D eigenvalue weighted by molar-refractivity contribution is 0.995. The average Bonchev–Trinajstić information content (AvgIpc) is 4.00. The summed E-state index contributed by atoms with van der Waals surface area (Å²) in [5.74, 6) is 0.643. The van der Waals surface area contributed by atoms with Crippen molar-refractivity contribution in [3.8, 4) is 55.8 Å². The third-order valence-electron chi connectivity index (χ3n) is 11.4. The molecule has 0 bridgehead atoms. The Morgan fingerprint density at radius 3 is 1.53 bits per heavy atom. The van der Waals surface area contributed by atoms with Crippen molar-refractivity contribution in [3.63, 3.8) is 0 Å². The van der Waals surface area contributed by atoms with Crippen LogP contribution in [0.3, 0.4) is 0 Å². The number of nitrogens with zero attached hydrogens (tertiary/aromatic N) is 5. The van der Waals surface area contributed by atoms with Gasteiger partial charge in [-0.15, -0.1) is 11.3 Å². The summed E-state index contributed by atoms with van der Waals surface area (Å²) in [5.41, 5.74) is 13.9. The zero-order valence-electron chi connectivity index (χ0n) is 31.7. The Labute approximate surface area is 343 Å². The van der Waals surface area contributed by atoms with E-state index in [9.17, 15) is 0 Å². The summed E-state index contributed by atoms with van der Waals surface area (Å²) in [7, 11) is 0. The van der Waals surface area contributed by atoms with E-state index in [1.807, 2.05) is 12.1 Å². The molecule has 0 radical (unpaired) electrons. The zero-order valence-corrected chi connectivity index (χ0v) is 32.5. The van der Waals surface area contributed by atoms with Gasteiger partial charge in [0, 0.05) is 43.9 Å². The third kappa shape index (κ3) is 5.49. The van der Waals surface area contributed by atoms with Crippen LogP contribution in [0.1, 0.15) is 0 Å². The number of hydrogen-bond donors (Lipinski definition) is 0. The smallest absolute Gasteiger partial charge is 0.235 e. The number of benzene rings is 8. The van der Waals surface area contributed by atoms with Crippen molar-refractivity contribution in [3.05, 3.63) is 200 Å². The van der Waals surface area contributed by atoms with Crippen LogP contribution in [0.2, 0.25) is 0 Å². The molecular weight excluding hydrogens is 739 g/mol. The first-order chi connectivity index (χ1) is 29.2. The van der Waals surface area contributed by atoms with E-state index < -0.39 is 0 Å². The Balaban J connectivity index is 1.05. The van der Waals surface area contributed by atoms with Gasteiger partial charge >= 0.3 is 0 Å². The summed E-state index contributed by atoms with van der Waals surface area (Å²) in [6.07, 6.45) is 0. The Hall–Kier alpha value is -7.67. The number of rotatable bonds is 6. The number of thiazole rings is 1. The molecule has 6 heteroatoms. The highest BCUT2D eigenvalue weighted by atomic mass is 32.1. The van der Waals surface area contributed by atoms with E-state index in [1.54, 1.807) is 11.3 Å². The van der Waals surface area contributed by atoms with Crippen LogP contribution in [-0.4, -0.2) is 24.1 Å². The number of hydrogen-bond acceptors (Lipinski definition) is 4. The van der Waals surface area contributed by atoms with Crippen LogP contribution < -0.4 is 0 Å². The lowest BCUT2D eigenvalue weighted by Gasteiger charge is -2.12. The van der Waals surface area contributed by atoms with Crippen LogP contribution in [0.4, 0.5) is 0 Å². The largest absolute Gasteiger partial charge is 0.308 e. The van der Waals surface area contributed by atoms with Crippen LogP contribution in [0.25, 0.3) is 110 Å². The van der Waals surface area contributed by atoms with E-state index in [2.05, 4.69) is 197 Å². The van der Waals surface area contributed by atoms with Crippen LogP contribution in [-0.2, 0) is 0 Å². The second-order valence-electron chi connectivity index (χ2n) is 14.9. The van der Waals surface area contributed by atoms with Crippen molar-refractivity contribution >= 4 is 65.2 Å². The van der Waals surface area contributed by atoms with Gasteiger partial charge in [0.2, 0.25) is 5.95 Å². The zero-order chi connectivity index (χ0) is 38.9. The Morgan fingerprint density at radius 1 is 0.356 bits per heavy atom. The predicted molar refractivity (Wildman–Crippen MR) is 246 cm³/mol. The lowest BCUT2D eigenvalue weighted by atomic mass is 10.0. The van der Waals surface area contributed by atoms with Crippen LogP contribution in [0, 0.1) is 0 Å². The molecule has 0 saturated carbocycles. The molecule has 0 aliphatic carbocycles. The fourth-order valence-electron chi connectivity index (χ4n) is 8.63. The first-order valence-electron chi connectivity index (χ1n) is 19.8. The predicted octanol–water partition coefficient (Wildman–Crippen LogP) is 13.9. The molecule has 0 aliphatic rings. The van der Waals surface area contributed by atoms with Gasteiger partial charge in [-0.25, -0.2) is 15.0 Å². The van der Waals surface area contributed by atoms with Crippen molar-refractivity contribution < 1.29 is 0 Å². The van der Waals surface area contributed by atoms with Crippen LogP contribution in [0.5, 0.6) is 0 Å². The summed E-state index contributed by atoms with van der Waals surface area (Å²) in [4.78, 5) is 15.6. The molecule has 0 fully saturated rings. The van der Waals surface area contributed by atoms with Gasteiger partial charge in [0.1, 0.15) is 5.01 Å². The topological polar surface area (TPSA) is 48.5 Å². The van der Waals surface area contributed by atoms with Crippen molar-refractivity contribution in [2.24, 2.45) is 0 Å². The van der Waals surface area contributed by atoms with Gasteiger partial charge in [0.25, 0.3) is 0 Å². The van der Waals surface area contributed by atoms with Gasteiger partial charge in [-0.05, 0) is 71.8 Å². The van der Waals surface area contributed by atoms with Crippen molar-refractivity contribution in [2.75, 3.05) is 0 Å². The second kappa shape index (κ2) is 13.5. The SMILES string of the molecule is c1ccc(-c2cc(-c3ccccc3)nc(-n3c4ccccc4c4cc(-c5ccc6c(c5)c5ccc7nc(-c8ccccc8)sc7c5n6-c5ccccc5)ccc43)n2)cc1. The molecule has 5 nitrogen and oxygen atoms in total. The summed E-state index contributed by atoms with van der Waals surface area (Å²) in [6, 6.07) is 70.7. The molecule has 12 aromatic rings. The molecule has 4 aromatic heterocycles. The van der Waals surface area contributed by atoms with Crippen molar-refractivity contribution in [1.82, 2.24) is 24.1 Å². The highest BCUT2D eigenvalue weighted by molar-refractivity contribution is 7.22. The van der Waals surface area contributed by atoms with E-state index in [-0.39, 0.29) is 0 Å². The summed E-state index contributed by atoms with van der Waals surface area (Å²) in [5, 5.41) is 5.76. The van der Waals surface area contributed by atoms with E-state index >= 15 is 0 Å². The van der Waals surface area contributed by atoms with Gasteiger partial charge in [-0.3, -0.25) is 4.57 Å². The summed E-state index contributed by atoms with van der Waals surface area (Å²) in [6.45, 7) is 0. The Kier molecular flexibility index (Phi) is 7.64. The van der Waals surface area contributed by atoms with Gasteiger partial charge < -0.3 is 4.57 Å². The van der Waals surface area contributed by atoms with Crippen molar-refractivity contribution in [2.45, 2.75) is 0 Å². The van der Waals surface area contributed by atoms with Gasteiger partial charge in [0.15, 0.2) is 0 Å². The fraction of sp³-hybridized carbons (Fsp3) is 0. The maximum absolute atomic E-state index is 5.23. The Bertz CT molecular complexity index is 3480. The van der Waals surface area contributed by atoms with E-state index in [1.165, 1.54) is 26.5 Å². The molecule has 8 aromatic carbocycles.